The Hall–Kier alpha value is -3.81. The van der Waals surface area contributed by atoms with Crippen molar-refractivity contribution in [3.05, 3.63) is 65.9 Å². The summed E-state index contributed by atoms with van der Waals surface area (Å²) in [4.78, 5) is 40.8. The molecule has 8 nitrogen and oxygen atoms in total. The normalized spacial score (nSPS) is 13.5. The second-order valence-corrected chi connectivity index (χ2v) is 7.47. The van der Waals surface area contributed by atoms with Crippen molar-refractivity contribution >= 4 is 28.7 Å². The van der Waals surface area contributed by atoms with Gasteiger partial charge < -0.3 is 24.6 Å². The zero-order valence-corrected chi connectivity index (χ0v) is 18.2. The van der Waals surface area contributed by atoms with Crippen LogP contribution >= 0.6 is 0 Å². The number of amides is 2. The molecule has 0 unspecified atom stereocenters. The minimum atomic E-state index is -0.833. The number of piperazine rings is 1. The third-order valence-corrected chi connectivity index (χ3v) is 5.25. The van der Waals surface area contributed by atoms with Crippen LogP contribution in [0.4, 0.5) is 0 Å². The summed E-state index contributed by atoms with van der Waals surface area (Å²) in [5, 5.41) is 8.53. The first-order chi connectivity index (χ1) is 15.4. The van der Waals surface area contributed by atoms with Crippen LogP contribution in [0, 0.1) is 0 Å². The van der Waals surface area contributed by atoms with Gasteiger partial charge in [0.1, 0.15) is 12.3 Å². The number of fused-ring (bicyclic) bond motifs is 1. The van der Waals surface area contributed by atoms with E-state index in [-0.39, 0.29) is 18.4 Å². The highest BCUT2D eigenvalue weighted by Crippen LogP contribution is 2.24. The predicted molar refractivity (Wildman–Crippen MR) is 121 cm³/mol. The molecule has 1 fully saturated rings. The van der Waals surface area contributed by atoms with Crippen molar-refractivity contribution in [3.8, 4) is 5.75 Å². The lowest BCUT2D eigenvalue weighted by atomic mass is 10.1. The SMILES string of the molecule is CC(=O)O.COc1ccc2[nH]cc(CCN3CCN(C(=O)c4ccccc4)CC3=O)c2c1. The molecule has 0 spiro atoms. The van der Waals surface area contributed by atoms with Crippen LogP contribution in [0.2, 0.25) is 0 Å². The molecule has 0 bridgehead atoms. The Morgan fingerprint density at radius 1 is 1.12 bits per heavy atom. The minimum absolute atomic E-state index is 0.00653. The highest BCUT2D eigenvalue weighted by atomic mass is 16.5. The number of carboxylic acid groups (broad SMARTS) is 1. The summed E-state index contributed by atoms with van der Waals surface area (Å²) in [6.45, 7) is 2.97. The first-order valence-electron chi connectivity index (χ1n) is 10.3. The van der Waals surface area contributed by atoms with E-state index in [0.717, 1.165) is 35.6 Å². The lowest BCUT2D eigenvalue weighted by Gasteiger charge is -2.34. The average molecular weight is 437 g/mol. The molecule has 168 valence electrons. The fraction of sp³-hybridized carbons (Fsp3) is 0.292. The first-order valence-corrected chi connectivity index (χ1v) is 10.3. The number of hydrogen-bond donors (Lipinski definition) is 2. The van der Waals surface area contributed by atoms with Gasteiger partial charge >= 0.3 is 0 Å². The first kappa shape index (κ1) is 22.9. The van der Waals surface area contributed by atoms with Crippen molar-refractivity contribution in [1.82, 2.24) is 14.8 Å². The van der Waals surface area contributed by atoms with E-state index in [1.165, 1.54) is 0 Å². The number of H-pyrrole nitrogens is 1. The molecule has 0 aliphatic carbocycles. The van der Waals surface area contributed by atoms with Gasteiger partial charge in [-0.2, -0.15) is 0 Å². The number of aromatic amines is 1. The molecule has 1 aromatic heterocycles. The molecule has 8 heteroatoms. The second-order valence-electron chi connectivity index (χ2n) is 7.47. The molecule has 0 atom stereocenters. The third kappa shape index (κ3) is 5.66. The Bertz CT molecular complexity index is 1090. The van der Waals surface area contributed by atoms with Gasteiger partial charge in [-0.15, -0.1) is 0 Å². The van der Waals surface area contributed by atoms with Crippen LogP contribution in [0.15, 0.2) is 54.7 Å². The number of methoxy groups -OCH3 is 1. The van der Waals surface area contributed by atoms with Gasteiger partial charge in [0.25, 0.3) is 11.9 Å². The number of carboxylic acids is 1. The molecular weight excluding hydrogens is 410 g/mol. The van der Waals surface area contributed by atoms with Gasteiger partial charge in [0, 0.05) is 49.2 Å². The fourth-order valence-corrected chi connectivity index (χ4v) is 3.63. The summed E-state index contributed by atoms with van der Waals surface area (Å²) in [5.74, 6) is -0.109. The van der Waals surface area contributed by atoms with Crippen LogP contribution in [0.5, 0.6) is 5.75 Å². The fourth-order valence-electron chi connectivity index (χ4n) is 3.63. The number of aliphatic carboxylic acids is 1. The van der Waals surface area contributed by atoms with Gasteiger partial charge in [-0.25, -0.2) is 0 Å². The molecule has 3 aromatic rings. The van der Waals surface area contributed by atoms with E-state index in [2.05, 4.69) is 4.98 Å². The summed E-state index contributed by atoms with van der Waals surface area (Å²) in [6, 6.07) is 15.0. The summed E-state index contributed by atoms with van der Waals surface area (Å²) in [7, 11) is 1.66. The van der Waals surface area contributed by atoms with Crippen molar-refractivity contribution < 1.29 is 24.2 Å². The molecule has 1 saturated heterocycles. The van der Waals surface area contributed by atoms with Gasteiger partial charge in [-0.05, 0) is 42.3 Å². The van der Waals surface area contributed by atoms with Gasteiger partial charge in [0.15, 0.2) is 0 Å². The highest BCUT2D eigenvalue weighted by Gasteiger charge is 2.27. The van der Waals surface area contributed by atoms with Crippen LogP contribution in [0.1, 0.15) is 22.8 Å². The zero-order valence-electron chi connectivity index (χ0n) is 18.2. The van der Waals surface area contributed by atoms with Crippen LogP contribution < -0.4 is 4.74 Å². The summed E-state index contributed by atoms with van der Waals surface area (Å²) in [5.41, 5.74) is 2.83. The molecule has 4 rings (SSSR count). The highest BCUT2D eigenvalue weighted by molar-refractivity contribution is 5.97. The average Bonchev–Trinajstić information content (AvgIpc) is 3.20. The Morgan fingerprint density at radius 3 is 2.50 bits per heavy atom. The lowest BCUT2D eigenvalue weighted by Crippen LogP contribution is -2.52. The van der Waals surface area contributed by atoms with Crippen LogP contribution in [0.3, 0.4) is 0 Å². The quantitative estimate of drug-likeness (QED) is 0.639. The Balaban J connectivity index is 0.000000668. The number of aromatic nitrogens is 1. The topological polar surface area (TPSA) is 103 Å². The molecule has 1 aliphatic heterocycles. The maximum absolute atomic E-state index is 12.6. The third-order valence-electron chi connectivity index (χ3n) is 5.25. The molecule has 32 heavy (non-hydrogen) atoms. The molecule has 2 aromatic carbocycles. The van der Waals surface area contributed by atoms with Gasteiger partial charge in [0.2, 0.25) is 5.91 Å². The number of rotatable bonds is 5. The predicted octanol–water partition coefficient (Wildman–Crippen LogP) is 2.79. The largest absolute Gasteiger partial charge is 0.497 e. The molecule has 2 N–H and O–H groups in total. The maximum atomic E-state index is 12.6. The number of nitrogens with one attached hydrogen (secondary N) is 1. The van der Waals surface area contributed by atoms with Crippen molar-refractivity contribution in [2.24, 2.45) is 0 Å². The van der Waals surface area contributed by atoms with E-state index in [1.807, 2.05) is 47.5 Å². The van der Waals surface area contributed by atoms with Gasteiger partial charge in [-0.1, -0.05) is 18.2 Å². The number of ether oxygens (including phenoxy) is 1. The minimum Gasteiger partial charge on any atom is -0.497 e. The smallest absolute Gasteiger partial charge is 0.300 e. The monoisotopic (exact) mass is 437 g/mol. The summed E-state index contributed by atoms with van der Waals surface area (Å²) in [6.07, 6.45) is 2.75. The lowest BCUT2D eigenvalue weighted by molar-refractivity contribution is -0.135. The molecular formula is C24H27N3O5. The summed E-state index contributed by atoms with van der Waals surface area (Å²) >= 11 is 0. The summed E-state index contributed by atoms with van der Waals surface area (Å²) < 4.78 is 5.31. The molecule has 0 radical (unpaired) electrons. The Morgan fingerprint density at radius 2 is 1.84 bits per heavy atom. The zero-order chi connectivity index (χ0) is 23.1. The van der Waals surface area contributed by atoms with E-state index in [9.17, 15) is 9.59 Å². The van der Waals surface area contributed by atoms with E-state index in [4.69, 9.17) is 14.6 Å². The molecule has 1 aliphatic rings. The van der Waals surface area contributed by atoms with Crippen molar-refractivity contribution in [3.63, 3.8) is 0 Å². The van der Waals surface area contributed by atoms with Crippen LogP contribution in [0.25, 0.3) is 10.9 Å². The van der Waals surface area contributed by atoms with Crippen molar-refractivity contribution in [2.45, 2.75) is 13.3 Å². The standard InChI is InChI=1S/C22H23N3O3.C2H4O2/c1-28-18-7-8-20-19(13-18)17(14-23-20)9-10-24-11-12-25(15-21(24)26)22(27)16-5-3-2-4-6-16;1-2(3)4/h2-8,13-14,23H,9-12,15H2,1H3;1H3,(H,3,4). The van der Waals surface area contributed by atoms with Crippen molar-refractivity contribution in [2.75, 3.05) is 33.3 Å². The number of benzene rings is 2. The number of nitrogens with zero attached hydrogens (tertiary/aromatic N) is 2. The van der Waals surface area contributed by atoms with Crippen LogP contribution in [-0.2, 0) is 16.0 Å². The molecule has 2 heterocycles. The van der Waals surface area contributed by atoms with E-state index < -0.39 is 5.97 Å². The molecule has 2 amide bonds. The van der Waals surface area contributed by atoms with E-state index in [0.29, 0.717) is 25.2 Å². The van der Waals surface area contributed by atoms with E-state index >= 15 is 0 Å². The van der Waals surface area contributed by atoms with Crippen molar-refractivity contribution in [1.29, 1.82) is 0 Å². The van der Waals surface area contributed by atoms with Crippen LogP contribution in [-0.4, -0.2) is 71.0 Å². The number of carbonyl (C=O) groups excluding carboxylic acids is 2. The number of hydrogen-bond acceptors (Lipinski definition) is 4. The Kier molecular flexibility index (Phi) is 7.49. The van der Waals surface area contributed by atoms with E-state index in [1.54, 1.807) is 24.1 Å². The Labute approximate surface area is 186 Å². The second kappa shape index (κ2) is 10.5. The van der Waals surface area contributed by atoms with Gasteiger partial charge in [-0.3, -0.25) is 14.4 Å². The van der Waals surface area contributed by atoms with Gasteiger partial charge in [0.05, 0.1) is 7.11 Å². The molecule has 0 saturated carbocycles. The maximum Gasteiger partial charge on any atom is 0.300 e. The number of carbonyl (C=O) groups is 3.